The first kappa shape index (κ1) is 13.7. The number of phenolic OH excluding ortho intramolecular Hbond substituents is 1. The van der Waals surface area contributed by atoms with Crippen molar-refractivity contribution in [3.8, 4) is 28.4 Å². The van der Waals surface area contributed by atoms with E-state index in [1.54, 1.807) is 30.3 Å². The Balaban J connectivity index is 1.96. The second kappa shape index (κ2) is 5.05. The molecule has 0 radical (unpaired) electrons. The zero-order chi connectivity index (χ0) is 16.0. The van der Waals surface area contributed by atoms with Crippen LogP contribution in [0.5, 0.6) is 17.2 Å². The number of aromatic hydroxyl groups is 1. The molecule has 5 heteroatoms. The Bertz CT molecular complexity index is 971. The van der Waals surface area contributed by atoms with E-state index in [2.05, 4.69) is 0 Å². The van der Waals surface area contributed by atoms with Gasteiger partial charge in [-0.1, -0.05) is 6.07 Å². The maximum atomic E-state index is 12.4. The van der Waals surface area contributed by atoms with Crippen LogP contribution in [0.2, 0.25) is 0 Å². The average Bonchev–Trinajstić information content (AvgIpc) is 2.56. The normalized spacial score (nSPS) is 13.3. The van der Waals surface area contributed by atoms with Gasteiger partial charge in [-0.2, -0.15) is 0 Å². The molecular weight excluding hydrogens is 296 g/mol. The monoisotopic (exact) mass is 310 g/mol. The Labute approximate surface area is 131 Å². The van der Waals surface area contributed by atoms with Crippen LogP contribution < -0.4 is 15.1 Å². The number of phenols is 1. The van der Waals surface area contributed by atoms with Gasteiger partial charge in [-0.15, -0.1) is 0 Å². The predicted molar refractivity (Wildman–Crippen MR) is 85.3 cm³/mol. The molecule has 2 aromatic carbocycles. The lowest BCUT2D eigenvalue weighted by molar-refractivity contribution is 0.171. The summed E-state index contributed by atoms with van der Waals surface area (Å²) in [6.45, 7) is 2.84. The lowest BCUT2D eigenvalue weighted by atomic mass is 9.99. The van der Waals surface area contributed by atoms with Crippen LogP contribution in [0.1, 0.15) is 5.56 Å². The maximum Gasteiger partial charge on any atom is 0.344 e. The van der Waals surface area contributed by atoms with Gasteiger partial charge in [0.15, 0.2) is 11.5 Å². The molecule has 0 aliphatic carbocycles. The number of ether oxygens (including phenoxy) is 2. The summed E-state index contributed by atoms with van der Waals surface area (Å²) in [5, 5.41) is 10.4. The van der Waals surface area contributed by atoms with Gasteiger partial charge in [0.1, 0.15) is 24.5 Å². The Kier molecular flexibility index (Phi) is 3.01. The van der Waals surface area contributed by atoms with Crippen LogP contribution in [0.15, 0.2) is 45.6 Å². The maximum absolute atomic E-state index is 12.4. The Morgan fingerprint density at radius 1 is 1.00 bits per heavy atom. The van der Waals surface area contributed by atoms with Gasteiger partial charge in [0.2, 0.25) is 0 Å². The van der Waals surface area contributed by atoms with Gasteiger partial charge < -0.3 is 19.0 Å². The number of hydrogen-bond acceptors (Lipinski definition) is 5. The number of rotatable bonds is 1. The van der Waals surface area contributed by atoms with Gasteiger partial charge in [0.25, 0.3) is 0 Å². The molecule has 116 valence electrons. The van der Waals surface area contributed by atoms with Crippen molar-refractivity contribution >= 4 is 11.0 Å². The molecule has 0 atom stereocenters. The predicted octanol–water partition coefficient (Wildman–Crippen LogP) is 3.25. The van der Waals surface area contributed by atoms with E-state index in [0.29, 0.717) is 46.8 Å². The molecule has 1 N–H and O–H groups in total. The zero-order valence-corrected chi connectivity index (χ0v) is 12.5. The second-order valence-corrected chi connectivity index (χ2v) is 5.43. The zero-order valence-electron chi connectivity index (χ0n) is 12.5. The molecule has 2 heterocycles. The summed E-state index contributed by atoms with van der Waals surface area (Å²) in [6.07, 6.45) is 0. The molecule has 0 unspecified atom stereocenters. The molecule has 0 spiro atoms. The average molecular weight is 310 g/mol. The first-order chi connectivity index (χ1) is 11.1. The third-order valence-corrected chi connectivity index (χ3v) is 3.98. The standard InChI is InChI=1S/C18H14O5/c1-10-13-9-12(19)3-5-14(13)23-18(20)17(10)11-2-4-15-16(8-11)22-7-6-21-15/h2-5,8-9,19H,6-7H2,1H3. The van der Waals surface area contributed by atoms with Gasteiger partial charge in [0, 0.05) is 5.39 Å². The molecule has 23 heavy (non-hydrogen) atoms. The highest BCUT2D eigenvalue weighted by molar-refractivity contribution is 5.87. The minimum absolute atomic E-state index is 0.127. The Morgan fingerprint density at radius 2 is 1.78 bits per heavy atom. The minimum Gasteiger partial charge on any atom is -0.508 e. The third kappa shape index (κ3) is 2.21. The van der Waals surface area contributed by atoms with Gasteiger partial charge in [-0.25, -0.2) is 4.79 Å². The Morgan fingerprint density at radius 3 is 2.61 bits per heavy atom. The highest BCUT2D eigenvalue weighted by Gasteiger charge is 2.17. The van der Waals surface area contributed by atoms with E-state index in [-0.39, 0.29) is 5.75 Å². The summed E-state index contributed by atoms with van der Waals surface area (Å²) in [7, 11) is 0. The van der Waals surface area contributed by atoms with Crippen LogP contribution in [0.25, 0.3) is 22.1 Å². The summed E-state index contributed by atoms with van der Waals surface area (Å²) in [5.41, 5.74) is 1.94. The van der Waals surface area contributed by atoms with Crippen LogP contribution in [0.3, 0.4) is 0 Å². The fourth-order valence-electron chi connectivity index (χ4n) is 2.87. The number of fused-ring (bicyclic) bond motifs is 2. The van der Waals surface area contributed by atoms with Gasteiger partial charge >= 0.3 is 5.63 Å². The second-order valence-electron chi connectivity index (χ2n) is 5.43. The molecule has 0 bridgehead atoms. The van der Waals surface area contributed by atoms with Crippen molar-refractivity contribution < 1.29 is 19.0 Å². The fourth-order valence-corrected chi connectivity index (χ4v) is 2.87. The highest BCUT2D eigenvalue weighted by atomic mass is 16.6. The van der Waals surface area contributed by atoms with Crippen molar-refractivity contribution in [1.29, 1.82) is 0 Å². The van der Waals surface area contributed by atoms with E-state index < -0.39 is 5.63 Å². The van der Waals surface area contributed by atoms with Crippen molar-refractivity contribution in [3.05, 3.63) is 52.4 Å². The topological polar surface area (TPSA) is 68.9 Å². The van der Waals surface area contributed by atoms with Gasteiger partial charge in [0.05, 0.1) is 5.56 Å². The van der Waals surface area contributed by atoms with Crippen molar-refractivity contribution in [1.82, 2.24) is 0 Å². The molecule has 1 aromatic heterocycles. The third-order valence-electron chi connectivity index (χ3n) is 3.98. The minimum atomic E-state index is -0.419. The van der Waals surface area contributed by atoms with Crippen LogP contribution in [0, 0.1) is 6.92 Å². The summed E-state index contributed by atoms with van der Waals surface area (Å²) in [4.78, 5) is 12.4. The van der Waals surface area contributed by atoms with E-state index in [1.165, 1.54) is 6.07 Å². The van der Waals surface area contributed by atoms with Crippen LogP contribution in [0.4, 0.5) is 0 Å². The first-order valence-electron chi connectivity index (χ1n) is 7.30. The summed E-state index contributed by atoms with van der Waals surface area (Å²) in [5.74, 6) is 1.41. The quantitative estimate of drug-likeness (QED) is 0.699. The molecule has 1 aliphatic rings. The lowest BCUT2D eigenvalue weighted by Crippen LogP contribution is -2.15. The molecule has 0 amide bonds. The molecule has 4 rings (SSSR count). The highest BCUT2D eigenvalue weighted by Crippen LogP contribution is 2.36. The smallest absolute Gasteiger partial charge is 0.344 e. The number of aryl methyl sites for hydroxylation is 1. The van der Waals surface area contributed by atoms with Gasteiger partial charge in [-0.05, 0) is 48.4 Å². The summed E-state index contributed by atoms with van der Waals surface area (Å²) in [6, 6.07) is 10.1. The molecule has 0 saturated heterocycles. The number of benzene rings is 2. The fraction of sp³-hybridized carbons (Fsp3) is 0.167. The first-order valence-corrected chi connectivity index (χ1v) is 7.30. The van der Waals surface area contributed by atoms with E-state index in [4.69, 9.17) is 13.9 Å². The summed E-state index contributed by atoms with van der Waals surface area (Å²) < 4.78 is 16.5. The molecular formula is C18H14O5. The molecule has 1 aliphatic heterocycles. The van der Waals surface area contributed by atoms with Crippen LogP contribution in [-0.4, -0.2) is 18.3 Å². The molecule has 5 nitrogen and oxygen atoms in total. The van der Waals surface area contributed by atoms with Crippen molar-refractivity contribution in [2.24, 2.45) is 0 Å². The molecule has 0 fully saturated rings. The van der Waals surface area contributed by atoms with E-state index in [0.717, 1.165) is 5.56 Å². The molecule has 0 saturated carbocycles. The van der Waals surface area contributed by atoms with Crippen molar-refractivity contribution in [2.75, 3.05) is 13.2 Å². The van der Waals surface area contributed by atoms with E-state index >= 15 is 0 Å². The largest absolute Gasteiger partial charge is 0.508 e. The SMILES string of the molecule is Cc1c(-c2ccc3c(c2)OCCO3)c(=O)oc2ccc(O)cc12. The van der Waals surface area contributed by atoms with Crippen molar-refractivity contribution in [2.45, 2.75) is 6.92 Å². The lowest BCUT2D eigenvalue weighted by Gasteiger charge is -2.19. The van der Waals surface area contributed by atoms with Crippen LogP contribution >= 0.6 is 0 Å². The van der Waals surface area contributed by atoms with E-state index in [1.807, 2.05) is 6.92 Å². The van der Waals surface area contributed by atoms with Gasteiger partial charge in [-0.3, -0.25) is 0 Å². The summed E-state index contributed by atoms with van der Waals surface area (Å²) >= 11 is 0. The Hall–Kier alpha value is -2.95. The van der Waals surface area contributed by atoms with Crippen LogP contribution in [-0.2, 0) is 0 Å². The van der Waals surface area contributed by atoms with Crippen molar-refractivity contribution in [3.63, 3.8) is 0 Å². The van der Waals surface area contributed by atoms with E-state index in [9.17, 15) is 9.90 Å². The number of hydrogen-bond donors (Lipinski definition) is 1. The molecule has 3 aromatic rings.